The molecule has 0 unspecified atom stereocenters. The van der Waals surface area contributed by atoms with Crippen molar-refractivity contribution in [3.63, 3.8) is 0 Å². The zero-order chi connectivity index (χ0) is 22.9. The van der Waals surface area contributed by atoms with Gasteiger partial charge in [0, 0.05) is 6.54 Å². The standard InChI is InChI=1S/C26H25NO6/c28-25(27-13-12-19-8-11-23-24(16-19)31-15-14-30-23)18-33-26(29)21-9-6-20(7-10-21)17-32-22-4-2-1-3-5-22/h1-11,16H,12-15,17-18H2,(H,27,28). The normalized spacial score (nSPS) is 12.0. The van der Waals surface area contributed by atoms with Crippen LogP contribution in [0, 0.1) is 0 Å². The summed E-state index contributed by atoms with van der Waals surface area (Å²) in [5.41, 5.74) is 2.32. The number of esters is 1. The maximum absolute atomic E-state index is 12.2. The third-order valence-corrected chi connectivity index (χ3v) is 5.02. The Bertz CT molecular complexity index is 1080. The van der Waals surface area contributed by atoms with Crippen molar-refractivity contribution in [1.82, 2.24) is 5.32 Å². The van der Waals surface area contributed by atoms with E-state index in [0.29, 0.717) is 38.3 Å². The lowest BCUT2D eigenvalue weighted by molar-refractivity contribution is -0.124. The van der Waals surface area contributed by atoms with Gasteiger partial charge in [0.2, 0.25) is 0 Å². The van der Waals surface area contributed by atoms with Gasteiger partial charge in [-0.1, -0.05) is 36.4 Å². The second-order valence-corrected chi connectivity index (χ2v) is 7.45. The van der Waals surface area contributed by atoms with E-state index in [4.69, 9.17) is 18.9 Å². The lowest BCUT2D eigenvalue weighted by atomic mass is 10.1. The van der Waals surface area contributed by atoms with Crippen LogP contribution in [0.25, 0.3) is 0 Å². The SMILES string of the molecule is O=C(COC(=O)c1ccc(COc2ccccc2)cc1)NCCc1ccc2c(c1)OCCO2. The van der Waals surface area contributed by atoms with Gasteiger partial charge in [0.1, 0.15) is 25.6 Å². The van der Waals surface area contributed by atoms with Gasteiger partial charge in [0.25, 0.3) is 5.91 Å². The Labute approximate surface area is 192 Å². The highest BCUT2D eigenvalue weighted by Gasteiger charge is 2.13. The van der Waals surface area contributed by atoms with Crippen molar-refractivity contribution in [3.8, 4) is 17.2 Å². The number of ether oxygens (including phenoxy) is 4. The monoisotopic (exact) mass is 447 g/mol. The van der Waals surface area contributed by atoms with Gasteiger partial charge in [-0.05, 0) is 53.9 Å². The van der Waals surface area contributed by atoms with E-state index in [9.17, 15) is 9.59 Å². The fraction of sp³-hybridized carbons (Fsp3) is 0.231. The summed E-state index contributed by atoms with van der Waals surface area (Å²) < 4.78 is 21.9. The van der Waals surface area contributed by atoms with Crippen molar-refractivity contribution in [1.29, 1.82) is 0 Å². The van der Waals surface area contributed by atoms with Crippen LogP contribution in [0.4, 0.5) is 0 Å². The minimum Gasteiger partial charge on any atom is -0.489 e. The zero-order valence-electron chi connectivity index (χ0n) is 18.1. The van der Waals surface area contributed by atoms with Crippen LogP contribution in [0.2, 0.25) is 0 Å². The summed E-state index contributed by atoms with van der Waals surface area (Å²) in [6.07, 6.45) is 0.628. The Hall–Kier alpha value is -4.00. The third kappa shape index (κ3) is 6.49. The molecular formula is C26H25NO6. The Morgan fingerprint density at radius 2 is 1.58 bits per heavy atom. The number of amides is 1. The predicted octanol–water partition coefficient (Wildman–Crippen LogP) is 3.55. The molecule has 7 nitrogen and oxygen atoms in total. The van der Waals surface area contributed by atoms with Crippen molar-refractivity contribution < 1.29 is 28.5 Å². The second-order valence-electron chi connectivity index (χ2n) is 7.45. The van der Waals surface area contributed by atoms with E-state index >= 15 is 0 Å². The zero-order valence-corrected chi connectivity index (χ0v) is 18.1. The van der Waals surface area contributed by atoms with Crippen LogP contribution in [0.5, 0.6) is 17.2 Å². The summed E-state index contributed by atoms with van der Waals surface area (Å²) in [6.45, 7) is 1.56. The molecule has 0 saturated heterocycles. The molecule has 1 aliphatic heterocycles. The van der Waals surface area contributed by atoms with E-state index in [1.807, 2.05) is 48.5 Å². The molecule has 0 aliphatic carbocycles. The largest absolute Gasteiger partial charge is 0.489 e. The number of nitrogens with one attached hydrogen (secondary N) is 1. The topological polar surface area (TPSA) is 83.1 Å². The summed E-state index contributed by atoms with van der Waals surface area (Å²) in [5, 5.41) is 2.75. The third-order valence-electron chi connectivity index (χ3n) is 5.02. The summed E-state index contributed by atoms with van der Waals surface area (Å²) in [4.78, 5) is 24.2. The summed E-state index contributed by atoms with van der Waals surface area (Å²) in [5.74, 6) is 1.33. The van der Waals surface area contributed by atoms with Crippen LogP contribution in [-0.4, -0.2) is 38.2 Å². The minimum absolute atomic E-state index is 0.334. The number of carbonyl (C=O) groups is 2. The molecule has 1 aliphatic rings. The van der Waals surface area contributed by atoms with Gasteiger partial charge in [-0.2, -0.15) is 0 Å². The van der Waals surface area contributed by atoms with Crippen LogP contribution in [-0.2, 0) is 22.6 Å². The first-order valence-electron chi connectivity index (χ1n) is 10.8. The van der Waals surface area contributed by atoms with Crippen LogP contribution in [0.15, 0.2) is 72.8 Å². The molecule has 7 heteroatoms. The first-order chi connectivity index (χ1) is 16.2. The minimum atomic E-state index is -0.549. The van der Waals surface area contributed by atoms with Gasteiger partial charge in [0.15, 0.2) is 18.1 Å². The maximum Gasteiger partial charge on any atom is 0.338 e. The Balaban J connectivity index is 1.16. The van der Waals surface area contributed by atoms with Crippen molar-refractivity contribution in [2.24, 2.45) is 0 Å². The first kappa shape index (κ1) is 22.2. The quantitative estimate of drug-likeness (QED) is 0.505. The van der Waals surface area contributed by atoms with E-state index in [0.717, 1.165) is 28.4 Å². The smallest absolute Gasteiger partial charge is 0.338 e. The highest BCUT2D eigenvalue weighted by molar-refractivity contribution is 5.91. The molecule has 0 bridgehead atoms. The lowest BCUT2D eigenvalue weighted by Crippen LogP contribution is -2.30. The molecule has 3 aromatic carbocycles. The van der Waals surface area contributed by atoms with Crippen LogP contribution in [0.3, 0.4) is 0 Å². The van der Waals surface area contributed by atoms with E-state index in [1.54, 1.807) is 24.3 Å². The van der Waals surface area contributed by atoms with E-state index in [-0.39, 0.29) is 12.5 Å². The second kappa shape index (κ2) is 11.0. The molecule has 3 aromatic rings. The number of para-hydroxylation sites is 1. The average Bonchev–Trinajstić information content (AvgIpc) is 2.87. The fourth-order valence-corrected chi connectivity index (χ4v) is 3.28. The van der Waals surface area contributed by atoms with Crippen molar-refractivity contribution in [3.05, 3.63) is 89.5 Å². The maximum atomic E-state index is 12.2. The molecule has 0 radical (unpaired) electrons. The van der Waals surface area contributed by atoms with Gasteiger partial charge >= 0.3 is 5.97 Å². The Kier molecular flexibility index (Phi) is 7.43. The highest BCUT2D eigenvalue weighted by Crippen LogP contribution is 2.30. The highest BCUT2D eigenvalue weighted by atomic mass is 16.6. The predicted molar refractivity (Wildman–Crippen MR) is 122 cm³/mol. The average molecular weight is 447 g/mol. The molecule has 33 heavy (non-hydrogen) atoms. The van der Waals surface area contributed by atoms with Gasteiger partial charge in [-0.15, -0.1) is 0 Å². The number of rotatable bonds is 9. The number of hydrogen-bond acceptors (Lipinski definition) is 6. The molecule has 4 rings (SSSR count). The first-order valence-corrected chi connectivity index (χ1v) is 10.8. The van der Waals surface area contributed by atoms with E-state index in [1.165, 1.54) is 0 Å². The summed E-state index contributed by atoms with van der Waals surface area (Å²) in [7, 11) is 0. The van der Waals surface area contributed by atoms with Gasteiger partial charge < -0.3 is 24.3 Å². The number of fused-ring (bicyclic) bond motifs is 1. The van der Waals surface area contributed by atoms with Crippen molar-refractivity contribution in [2.45, 2.75) is 13.0 Å². The molecule has 0 saturated carbocycles. The fourth-order valence-electron chi connectivity index (χ4n) is 3.28. The molecule has 0 atom stereocenters. The van der Waals surface area contributed by atoms with Crippen LogP contribution in [0.1, 0.15) is 21.5 Å². The molecule has 1 heterocycles. The van der Waals surface area contributed by atoms with Gasteiger partial charge in [0.05, 0.1) is 5.56 Å². The Morgan fingerprint density at radius 1 is 0.848 bits per heavy atom. The van der Waals surface area contributed by atoms with E-state index in [2.05, 4.69) is 5.32 Å². The number of benzene rings is 3. The van der Waals surface area contributed by atoms with E-state index < -0.39 is 5.97 Å². The van der Waals surface area contributed by atoms with Crippen LogP contribution >= 0.6 is 0 Å². The molecule has 170 valence electrons. The summed E-state index contributed by atoms with van der Waals surface area (Å²) in [6, 6.07) is 22.1. The van der Waals surface area contributed by atoms with Crippen LogP contribution < -0.4 is 19.5 Å². The summed E-state index contributed by atoms with van der Waals surface area (Å²) >= 11 is 0. The van der Waals surface area contributed by atoms with Crippen molar-refractivity contribution in [2.75, 3.05) is 26.4 Å². The molecule has 1 N–H and O–H groups in total. The lowest BCUT2D eigenvalue weighted by Gasteiger charge is -2.18. The molecule has 0 aromatic heterocycles. The molecule has 1 amide bonds. The number of hydrogen-bond donors (Lipinski definition) is 1. The molecule has 0 spiro atoms. The van der Waals surface area contributed by atoms with Crippen molar-refractivity contribution >= 4 is 11.9 Å². The molecular weight excluding hydrogens is 422 g/mol. The number of carbonyl (C=O) groups excluding carboxylic acids is 2. The van der Waals surface area contributed by atoms with Gasteiger partial charge in [-0.25, -0.2) is 4.79 Å². The Morgan fingerprint density at radius 3 is 2.36 bits per heavy atom. The van der Waals surface area contributed by atoms with Gasteiger partial charge in [-0.3, -0.25) is 4.79 Å². The molecule has 0 fully saturated rings.